The van der Waals surface area contributed by atoms with Crippen molar-refractivity contribution in [3.05, 3.63) is 40.9 Å². The van der Waals surface area contributed by atoms with E-state index in [2.05, 4.69) is 18.4 Å². The van der Waals surface area contributed by atoms with Gasteiger partial charge in [-0.25, -0.2) is 4.79 Å². The number of hydrogen-bond acceptors (Lipinski definition) is 6. The average Bonchev–Trinajstić information content (AvgIpc) is 2.74. The molecule has 0 bridgehead atoms. The molecule has 1 aliphatic heterocycles. The van der Waals surface area contributed by atoms with Crippen molar-refractivity contribution < 1.29 is 23.7 Å². The summed E-state index contributed by atoms with van der Waals surface area (Å²) in [6.07, 6.45) is 3.34. The summed E-state index contributed by atoms with van der Waals surface area (Å²) in [6.45, 7) is 5.50. The highest BCUT2D eigenvalue weighted by Gasteiger charge is 2.29. The molecule has 0 radical (unpaired) electrons. The van der Waals surface area contributed by atoms with Gasteiger partial charge in [0.15, 0.2) is 11.5 Å². The smallest absolute Gasteiger partial charge is 0.341 e. The van der Waals surface area contributed by atoms with Crippen LogP contribution in [0.15, 0.2) is 24.4 Å². The molecule has 1 N–H and O–H groups in total. The van der Waals surface area contributed by atoms with Crippen LogP contribution in [0.4, 0.5) is 0 Å². The first-order chi connectivity index (χ1) is 14.4. The third-order valence-electron chi connectivity index (χ3n) is 5.49. The fourth-order valence-corrected chi connectivity index (χ4v) is 3.88. The molecule has 0 aliphatic carbocycles. The Balaban J connectivity index is 2.10. The molecule has 0 saturated heterocycles. The van der Waals surface area contributed by atoms with E-state index in [1.807, 2.05) is 12.1 Å². The number of nitrogens with zero attached hydrogens (tertiary/aromatic N) is 1. The van der Waals surface area contributed by atoms with Gasteiger partial charge in [-0.3, -0.25) is 5.41 Å². The van der Waals surface area contributed by atoms with E-state index in [1.165, 1.54) is 7.11 Å². The molecule has 1 aliphatic rings. The maximum Gasteiger partial charge on any atom is 0.341 e. The Morgan fingerprint density at radius 1 is 1.17 bits per heavy atom. The normalized spacial score (nSPS) is 14.8. The van der Waals surface area contributed by atoms with Crippen LogP contribution >= 0.6 is 0 Å². The minimum Gasteiger partial charge on any atom is -0.493 e. The largest absolute Gasteiger partial charge is 0.493 e. The van der Waals surface area contributed by atoms with Crippen molar-refractivity contribution in [1.82, 2.24) is 4.57 Å². The first-order valence-electron chi connectivity index (χ1n) is 10.1. The second kappa shape index (κ2) is 9.34. The SMILES string of the molecule is COCCCOc1cc2c(cc1OC)-c1cc(=N)c(C(=O)OC)cn1C(C(C)C)C2. The zero-order valence-corrected chi connectivity index (χ0v) is 18.3. The van der Waals surface area contributed by atoms with E-state index in [9.17, 15) is 4.79 Å². The fraction of sp³-hybridized carbons (Fsp3) is 0.478. The summed E-state index contributed by atoms with van der Waals surface area (Å²) in [7, 11) is 4.63. The average molecular weight is 415 g/mol. The van der Waals surface area contributed by atoms with Gasteiger partial charge in [0.05, 0.1) is 31.9 Å². The summed E-state index contributed by atoms with van der Waals surface area (Å²) in [5, 5.41) is 8.49. The van der Waals surface area contributed by atoms with E-state index in [4.69, 9.17) is 24.4 Å². The van der Waals surface area contributed by atoms with E-state index in [0.717, 1.165) is 29.7 Å². The number of esters is 1. The summed E-state index contributed by atoms with van der Waals surface area (Å²) in [5.41, 5.74) is 3.27. The number of methoxy groups -OCH3 is 3. The second-order valence-electron chi connectivity index (χ2n) is 7.76. The Kier molecular flexibility index (Phi) is 6.82. The van der Waals surface area contributed by atoms with Gasteiger partial charge in [-0.15, -0.1) is 0 Å². The summed E-state index contributed by atoms with van der Waals surface area (Å²) in [5.74, 6) is 1.18. The Morgan fingerprint density at radius 2 is 1.93 bits per heavy atom. The predicted molar refractivity (Wildman–Crippen MR) is 113 cm³/mol. The molecule has 3 rings (SSSR count). The molecule has 0 fully saturated rings. The van der Waals surface area contributed by atoms with E-state index in [0.29, 0.717) is 30.6 Å². The van der Waals surface area contributed by atoms with E-state index in [1.54, 1.807) is 26.5 Å². The van der Waals surface area contributed by atoms with Crippen molar-refractivity contribution in [1.29, 1.82) is 5.41 Å². The minimum atomic E-state index is -0.499. The van der Waals surface area contributed by atoms with Crippen LogP contribution in [0, 0.1) is 11.3 Å². The van der Waals surface area contributed by atoms with Gasteiger partial charge in [0.2, 0.25) is 0 Å². The topological polar surface area (TPSA) is 82.8 Å². The summed E-state index contributed by atoms with van der Waals surface area (Å²) in [6, 6.07) is 5.88. The van der Waals surface area contributed by atoms with Gasteiger partial charge in [0.1, 0.15) is 5.56 Å². The van der Waals surface area contributed by atoms with Crippen LogP contribution in [0.1, 0.15) is 42.2 Å². The number of ether oxygens (including phenoxy) is 4. The number of aromatic nitrogens is 1. The van der Waals surface area contributed by atoms with Crippen LogP contribution in [-0.2, 0) is 15.9 Å². The molecule has 1 atom stereocenters. The molecule has 1 aromatic heterocycles. The van der Waals surface area contributed by atoms with Gasteiger partial charge in [0.25, 0.3) is 0 Å². The van der Waals surface area contributed by atoms with Crippen LogP contribution in [-0.4, -0.2) is 45.1 Å². The van der Waals surface area contributed by atoms with Gasteiger partial charge in [-0.1, -0.05) is 13.8 Å². The molecule has 0 amide bonds. The summed E-state index contributed by atoms with van der Waals surface area (Å²) < 4.78 is 23.6. The van der Waals surface area contributed by atoms with Crippen molar-refractivity contribution in [2.75, 3.05) is 34.5 Å². The standard InChI is InChI=1S/C23H30N2O5/c1-14(2)19-9-15-10-22(30-8-6-7-27-3)21(28-4)11-16(15)20-12-18(24)17(13-25(19)20)23(26)29-5/h10-14,19,24H,6-9H2,1-5H3. The van der Waals surface area contributed by atoms with Gasteiger partial charge < -0.3 is 23.5 Å². The number of carbonyl (C=O) groups excluding carboxylic acids is 1. The van der Waals surface area contributed by atoms with Crippen molar-refractivity contribution in [3.8, 4) is 22.8 Å². The fourth-order valence-electron chi connectivity index (χ4n) is 3.88. The second-order valence-corrected chi connectivity index (χ2v) is 7.76. The van der Waals surface area contributed by atoms with Crippen molar-refractivity contribution in [2.45, 2.75) is 32.7 Å². The lowest BCUT2D eigenvalue weighted by Gasteiger charge is -2.34. The maximum absolute atomic E-state index is 12.1. The maximum atomic E-state index is 12.1. The number of carbonyl (C=O) groups is 1. The van der Waals surface area contributed by atoms with Crippen LogP contribution in [0.3, 0.4) is 0 Å². The lowest BCUT2D eigenvalue weighted by Crippen LogP contribution is -2.28. The molecular weight excluding hydrogens is 384 g/mol. The third-order valence-corrected chi connectivity index (χ3v) is 5.49. The van der Waals surface area contributed by atoms with Crippen molar-refractivity contribution >= 4 is 5.97 Å². The highest BCUT2D eigenvalue weighted by molar-refractivity contribution is 5.89. The lowest BCUT2D eigenvalue weighted by molar-refractivity contribution is 0.0597. The molecule has 0 saturated carbocycles. The van der Waals surface area contributed by atoms with Crippen molar-refractivity contribution in [2.24, 2.45) is 5.92 Å². The number of pyridine rings is 1. The molecule has 1 unspecified atom stereocenters. The molecule has 162 valence electrons. The van der Waals surface area contributed by atoms with Crippen molar-refractivity contribution in [3.63, 3.8) is 0 Å². The van der Waals surface area contributed by atoms with E-state index in [-0.39, 0.29) is 17.0 Å². The van der Waals surface area contributed by atoms with E-state index < -0.39 is 5.97 Å². The Morgan fingerprint density at radius 3 is 2.57 bits per heavy atom. The highest BCUT2D eigenvalue weighted by Crippen LogP contribution is 2.42. The molecule has 1 aromatic carbocycles. The number of benzene rings is 1. The zero-order valence-electron chi connectivity index (χ0n) is 18.3. The van der Waals surface area contributed by atoms with E-state index >= 15 is 0 Å². The Bertz CT molecular complexity index is 980. The lowest BCUT2D eigenvalue weighted by atomic mass is 9.87. The predicted octanol–water partition coefficient (Wildman–Crippen LogP) is 3.60. The van der Waals surface area contributed by atoms with Crippen LogP contribution in [0.25, 0.3) is 11.3 Å². The molecule has 7 heteroatoms. The number of fused-ring (bicyclic) bond motifs is 3. The minimum absolute atomic E-state index is 0.141. The van der Waals surface area contributed by atoms with Crippen LogP contribution in [0.5, 0.6) is 11.5 Å². The van der Waals surface area contributed by atoms with Gasteiger partial charge in [0, 0.05) is 37.9 Å². The first-order valence-corrected chi connectivity index (χ1v) is 10.1. The molecule has 30 heavy (non-hydrogen) atoms. The van der Waals surface area contributed by atoms with Gasteiger partial charge >= 0.3 is 5.97 Å². The number of rotatable bonds is 8. The molecule has 0 spiro atoms. The first kappa shape index (κ1) is 21.9. The molecular formula is C23H30N2O5. The highest BCUT2D eigenvalue weighted by atomic mass is 16.5. The Labute approximate surface area is 177 Å². The molecule has 2 heterocycles. The molecule has 2 aromatic rings. The monoisotopic (exact) mass is 414 g/mol. The zero-order chi connectivity index (χ0) is 21.8. The third kappa shape index (κ3) is 4.21. The molecule has 7 nitrogen and oxygen atoms in total. The van der Waals surface area contributed by atoms with Gasteiger partial charge in [-0.05, 0) is 36.1 Å². The number of nitrogens with one attached hydrogen (secondary N) is 1. The Hall–Kier alpha value is -2.80. The summed E-state index contributed by atoms with van der Waals surface area (Å²) in [4.78, 5) is 12.1. The quantitative estimate of drug-likeness (QED) is 0.527. The van der Waals surface area contributed by atoms with Crippen LogP contribution < -0.4 is 14.8 Å². The van der Waals surface area contributed by atoms with Crippen LogP contribution in [0.2, 0.25) is 0 Å². The summed E-state index contributed by atoms with van der Waals surface area (Å²) >= 11 is 0. The number of hydrogen-bond donors (Lipinski definition) is 1. The van der Waals surface area contributed by atoms with Gasteiger partial charge in [-0.2, -0.15) is 0 Å².